The molecule has 16 heavy (non-hydrogen) atoms. The Balaban J connectivity index is 2.55. The molecule has 1 aromatic heterocycles. The molecule has 5 nitrogen and oxygen atoms in total. The van der Waals surface area contributed by atoms with Crippen molar-refractivity contribution in [1.82, 2.24) is 9.78 Å². The Bertz CT molecular complexity index is 490. The van der Waals surface area contributed by atoms with E-state index in [0.29, 0.717) is 17.1 Å². The van der Waals surface area contributed by atoms with Gasteiger partial charge in [0.1, 0.15) is 17.7 Å². The zero-order valence-corrected chi connectivity index (χ0v) is 8.96. The van der Waals surface area contributed by atoms with Gasteiger partial charge in [0, 0.05) is 5.56 Å². The average molecular weight is 218 g/mol. The number of benzene rings is 1. The van der Waals surface area contributed by atoms with Gasteiger partial charge < -0.3 is 16.6 Å². The maximum Gasteiger partial charge on any atom is 0.147 e. The monoisotopic (exact) mass is 218 g/mol. The van der Waals surface area contributed by atoms with Crippen molar-refractivity contribution in [3.05, 3.63) is 41.6 Å². The first-order valence-electron chi connectivity index (χ1n) is 4.95. The largest absolute Gasteiger partial charge is 0.383 e. The molecule has 0 fully saturated rings. The predicted octanol–water partition coefficient (Wildman–Crippen LogP) is 0.713. The highest BCUT2D eigenvalue weighted by atomic mass is 16.3. The van der Waals surface area contributed by atoms with Gasteiger partial charge in [0.15, 0.2) is 0 Å². The normalized spacial score (nSPS) is 12.7. The van der Waals surface area contributed by atoms with E-state index in [1.165, 1.54) is 0 Å². The lowest BCUT2D eigenvalue weighted by Crippen LogP contribution is -2.11. The van der Waals surface area contributed by atoms with E-state index in [1.807, 2.05) is 30.3 Å². The van der Waals surface area contributed by atoms with Crippen molar-refractivity contribution in [3.8, 4) is 5.69 Å². The molecule has 5 N–H and O–H groups in total. The van der Waals surface area contributed by atoms with Gasteiger partial charge in [0.05, 0.1) is 5.69 Å². The zero-order valence-electron chi connectivity index (χ0n) is 8.96. The topological polar surface area (TPSA) is 90.1 Å². The minimum atomic E-state index is -1.10. The molecule has 0 spiro atoms. The first-order chi connectivity index (χ1) is 7.61. The first-order valence-corrected chi connectivity index (χ1v) is 4.95. The third-order valence-electron chi connectivity index (χ3n) is 2.49. The highest BCUT2D eigenvalue weighted by Crippen LogP contribution is 2.22. The molecule has 0 aliphatic heterocycles. The van der Waals surface area contributed by atoms with E-state index in [-0.39, 0.29) is 0 Å². The van der Waals surface area contributed by atoms with Crippen LogP contribution >= 0.6 is 0 Å². The number of anilines is 1. The van der Waals surface area contributed by atoms with E-state index in [1.54, 1.807) is 11.6 Å². The van der Waals surface area contributed by atoms with E-state index < -0.39 is 6.23 Å². The van der Waals surface area contributed by atoms with Gasteiger partial charge in [-0.05, 0) is 19.1 Å². The van der Waals surface area contributed by atoms with E-state index in [2.05, 4.69) is 5.10 Å². The number of para-hydroxylation sites is 1. The van der Waals surface area contributed by atoms with Crippen LogP contribution in [0.3, 0.4) is 0 Å². The summed E-state index contributed by atoms with van der Waals surface area (Å²) in [4.78, 5) is 0. The fourth-order valence-electron chi connectivity index (χ4n) is 1.57. The number of hydrogen-bond acceptors (Lipinski definition) is 4. The molecule has 5 heteroatoms. The van der Waals surface area contributed by atoms with Crippen LogP contribution in [-0.4, -0.2) is 14.9 Å². The van der Waals surface area contributed by atoms with Crippen LogP contribution in [0.1, 0.15) is 17.5 Å². The maximum absolute atomic E-state index is 9.34. The van der Waals surface area contributed by atoms with Crippen LogP contribution < -0.4 is 11.5 Å². The van der Waals surface area contributed by atoms with Crippen molar-refractivity contribution in [3.63, 3.8) is 0 Å². The standard InChI is InChI=1S/C11H14N4O/c1-7-9(11(13)16)14-15(10(7)12)8-5-3-2-4-6-8/h2-6,11,16H,12-13H2,1H3. The summed E-state index contributed by atoms with van der Waals surface area (Å²) >= 11 is 0. The van der Waals surface area contributed by atoms with Crippen LogP contribution in [0.2, 0.25) is 0 Å². The van der Waals surface area contributed by atoms with Gasteiger partial charge in [-0.1, -0.05) is 18.2 Å². The van der Waals surface area contributed by atoms with Crippen LogP contribution in [0, 0.1) is 6.92 Å². The molecule has 0 aliphatic rings. The first kappa shape index (κ1) is 10.7. The molecule has 0 amide bonds. The van der Waals surface area contributed by atoms with Crippen molar-refractivity contribution in [2.45, 2.75) is 13.2 Å². The number of nitrogens with zero attached hydrogens (tertiary/aromatic N) is 2. The second-order valence-electron chi connectivity index (χ2n) is 3.59. The molecular weight excluding hydrogens is 204 g/mol. The van der Waals surface area contributed by atoms with Gasteiger partial charge in [0.2, 0.25) is 0 Å². The summed E-state index contributed by atoms with van der Waals surface area (Å²) in [5.74, 6) is 0.491. The average Bonchev–Trinajstić information content (AvgIpc) is 2.58. The molecule has 0 saturated heterocycles. The Labute approximate surface area is 93.3 Å². The Hall–Kier alpha value is -1.85. The SMILES string of the molecule is Cc1c(C(N)O)nn(-c2ccccc2)c1N. The molecule has 1 atom stereocenters. The quantitative estimate of drug-likeness (QED) is 0.647. The highest BCUT2D eigenvalue weighted by molar-refractivity contribution is 5.49. The second kappa shape index (κ2) is 3.96. The number of aliphatic hydroxyl groups excluding tert-OH is 1. The summed E-state index contributed by atoms with van der Waals surface area (Å²) in [6.45, 7) is 1.78. The molecule has 84 valence electrons. The number of nitrogen functional groups attached to an aromatic ring is 1. The van der Waals surface area contributed by atoms with Crippen LogP contribution in [0.15, 0.2) is 30.3 Å². The molecule has 2 rings (SSSR count). The smallest absolute Gasteiger partial charge is 0.147 e. The van der Waals surface area contributed by atoms with Crippen molar-refractivity contribution in [1.29, 1.82) is 0 Å². The van der Waals surface area contributed by atoms with Crippen molar-refractivity contribution in [2.75, 3.05) is 5.73 Å². The van der Waals surface area contributed by atoms with Crippen LogP contribution in [-0.2, 0) is 0 Å². The predicted molar refractivity (Wildman–Crippen MR) is 61.9 cm³/mol. The number of aromatic nitrogens is 2. The molecular formula is C11H14N4O. The van der Waals surface area contributed by atoms with Gasteiger partial charge in [-0.15, -0.1) is 0 Å². The lowest BCUT2D eigenvalue weighted by Gasteiger charge is -2.02. The van der Waals surface area contributed by atoms with Gasteiger partial charge in [-0.2, -0.15) is 5.10 Å². The molecule has 0 aliphatic carbocycles. The van der Waals surface area contributed by atoms with Crippen LogP contribution in [0.4, 0.5) is 5.82 Å². The zero-order chi connectivity index (χ0) is 11.7. The summed E-state index contributed by atoms with van der Waals surface area (Å²) in [7, 11) is 0. The summed E-state index contributed by atoms with van der Waals surface area (Å²) in [6.07, 6.45) is -1.10. The van der Waals surface area contributed by atoms with Crippen LogP contribution in [0.25, 0.3) is 5.69 Å². The fraction of sp³-hybridized carbons (Fsp3) is 0.182. The van der Waals surface area contributed by atoms with Gasteiger partial charge >= 0.3 is 0 Å². The molecule has 0 radical (unpaired) electrons. The van der Waals surface area contributed by atoms with E-state index in [0.717, 1.165) is 5.69 Å². The van der Waals surface area contributed by atoms with Crippen molar-refractivity contribution >= 4 is 5.82 Å². The maximum atomic E-state index is 9.34. The number of nitrogens with two attached hydrogens (primary N) is 2. The van der Waals surface area contributed by atoms with E-state index in [4.69, 9.17) is 11.5 Å². The summed E-state index contributed by atoms with van der Waals surface area (Å²) in [5, 5.41) is 13.5. The number of aliphatic hydroxyl groups is 1. The Morgan fingerprint density at radius 3 is 2.44 bits per heavy atom. The third-order valence-corrected chi connectivity index (χ3v) is 2.49. The van der Waals surface area contributed by atoms with Crippen LogP contribution in [0.5, 0.6) is 0 Å². The molecule has 1 unspecified atom stereocenters. The molecule has 1 aromatic carbocycles. The van der Waals surface area contributed by atoms with E-state index >= 15 is 0 Å². The van der Waals surface area contributed by atoms with Gasteiger partial charge in [-0.3, -0.25) is 0 Å². The van der Waals surface area contributed by atoms with Gasteiger partial charge in [0.25, 0.3) is 0 Å². The molecule has 0 saturated carbocycles. The Morgan fingerprint density at radius 1 is 1.31 bits per heavy atom. The molecule has 0 bridgehead atoms. The highest BCUT2D eigenvalue weighted by Gasteiger charge is 2.16. The van der Waals surface area contributed by atoms with E-state index in [9.17, 15) is 5.11 Å². The van der Waals surface area contributed by atoms with Crippen molar-refractivity contribution in [2.24, 2.45) is 5.73 Å². The second-order valence-corrected chi connectivity index (χ2v) is 3.59. The molecule has 2 aromatic rings. The minimum Gasteiger partial charge on any atom is -0.383 e. The summed E-state index contributed by atoms with van der Waals surface area (Å²) in [6, 6.07) is 9.47. The third kappa shape index (κ3) is 1.66. The van der Waals surface area contributed by atoms with Crippen molar-refractivity contribution < 1.29 is 5.11 Å². The number of rotatable bonds is 2. The summed E-state index contributed by atoms with van der Waals surface area (Å²) < 4.78 is 1.57. The van der Waals surface area contributed by atoms with Gasteiger partial charge in [-0.25, -0.2) is 4.68 Å². The number of hydrogen-bond donors (Lipinski definition) is 3. The Morgan fingerprint density at radius 2 is 1.94 bits per heavy atom. The minimum absolute atomic E-state index is 0.404. The Kier molecular flexibility index (Phi) is 2.64. The summed E-state index contributed by atoms with van der Waals surface area (Å²) in [5.41, 5.74) is 13.3. The molecule has 1 heterocycles. The lowest BCUT2D eigenvalue weighted by atomic mass is 10.2. The fourth-order valence-corrected chi connectivity index (χ4v) is 1.57. The lowest BCUT2D eigenvalue weighted by molar-refractivity contribution is 0.180.